The lowest BCUT2D eigenvalue weighted by Gasteiger charge is -2.28. The molecule has 0 aromatic heterocycles. The van der Waals surface area contributed by atoms with Crippen LogP contribution in [0.25, 0.3) is 0 Å². The minimum atomic E-state index is -3.32. The monoisotopic (exact) mass is 390 g/mol. The molecule has 1 aliphatic heterocycles. The molecular formula is C19H22N2O5S. The van der Waals surface area contributed by atoms with Gasteiger partial charge in [-0.2, -0.15) is 0 Å². The third-order valence-electron chi connectivity index (χ3n) is 4.39. The first-order valence-electron chi connectivity index (χ1n) is 8.58. The van der Waals surface area contributed by atoms with Gasteiger partial charge in [0.15, 0.2) is 11.5 Å². The number of anilines is 2. The normalized spacial score (nSPS) is 15.9. The first-order valence-corrected chi connectivity index (χ1v) is 10.2. The molecule has 1 amide bonds. The van der Waals surface area contributed by atoms with Gasteiger partial charge < -0.3 is 14.8 Å². The van der Waals surface area contributed by atoms with Crippen LogP contribution in [0.5, 0.6) is 11.5 Å². The zero-order valence-electron chi connectivity index (χ0n) is 15.3. The Balaban J connectivity index is 1.82. The van der Waals surface area contributed by atoms with Crippen LogP contribution in [0.15, 0.2) is 42.5 Å². The first-order chi connectivity index (χ1) is 12.9. The summed E-state index contributed by atoms with van der Waals surface area (Å²) in [6.07, 6.45) is 1.47. The van der Waals surface area contributed by atoms with Gasteiger partial charge in [0.2, 0.25) is 10.0 Å². The van der Waals surface area contributed by atoms with Crippen molar-refractivity contribution in [3.63, 3.8) is 0 Å². The number of benzene rings is 2. The zero-order chi connectivity index (χ0) is 19.4. The summed E-state index contributed by atoms with van der Waals surface area (Å²) < 4.78 is 36.4. The molecule has 0 bridgehead atoms. The number of amides is 1. The molecule has 1 fully saturated rings. The van der Waals surface area contributed by atoms with E-state index in [1.165, 1.54) is 18.5 Å². The van der Waals surface area contributed by atoms with Crippen LogP contribution in [0.4, 0.5) is 11.4 Å². The van der Waals surface area contributed by atoms with Gasteiger partial charge in [0, 0.05) is 23.9 Å². The highest BCUT2D eigenvalue weighted by atomic mass is 32.2. The third kappa shape index (κ3) is 4.16. The molecule has 1 heterocycles. The summed E-state index contributed by atoms with van der Waals surface area (Å²) in [6, 6.07) is 11.7. The fourth-order valence-electron chi connectivity index (χ4n) is 3.00. The Kier molecular flexibility index (Phi) is 5.55. The van der Waals surface area contributed by atoms with E-state index in [1.54, 1.807) is 42.5 Å². The highest BCUT2D eigenvalue weighted by molar-refractivity contribution is 7.92. The minimum Gasteiger partial charge on any atom is -0.493 e. The Hall–Kier alpha value is -2.74. The molecule has 1 aliphatic rings. The van der Waals surface area contributed by atoms with Gasteiger partial charge >= 0.3 is 0 Å². The number of carbonyl (C=O) groups excluding carboxylic acids is 1. The van der Waals surface area contributed by atoms with Crippen molar-refractivity contribution in [3.8, 4) is 11.5 Å². The molecule has 1 saturated heterocycles. The van der Waals surface area contributed by atoms with Gasteiger partial charge in [0.1, 0.15) is 0 Å². The van der Waals surface area contributed by atoms with Crippen LogP contribution in [0.2, 0.25) is 0 Å². The number of hydrogen-bond donors (Lipinski definition) is 1. The van der Waals surface area contributed by atoms with Crippen LogP contribution in [0, 0.1) is 0 Å². The maximum Gasteiger partial charge on any atom is 0.255 e. The van der Waals surface area contributed by atoms with Crippen LogP contribution in [-0.2, 0) is 10.0 Å². The summed E-state index contributed by atoms with van der Waals surface area (Å²) >= 11 is 0. The Bertz CT molecular complexity index is 943. The molecule has 3 rings (SSSR count). The van der Waals surface area contributed by atoms with Gasteiger partial charge in [-0.15, -0.1) is 0 Å². The molecule has 0 saturated carbocycles. The summed E-state index contributed by atoms with van der Waals surface area (Å²) in [6.45, 7) is 0.434. The van der Waals surface area contributed by atoms with Crippen molar-refractivity contribution < 1.29 is 22.7 Å². The summed E-state index contributed by atoms with van der Waals surface area (Å²) in [5.41, 5.74) is 1.44. The maximum atomic E-state index is 12.6. The van der Waals surface area contributed by atoms with Crippen molar-refractivity contribution in [3.05, 3.63) is 48.0 Å². The predicted molar refractivity (Wildman–Crippen MR) is 104 cm³/mol. The van der Waals surface area contributed by atoms with Crippen molar-refractivity contribution in [2.75, 3.05) is 36.1 Å². The molecule has 0 unspecified atom stereocenters. The quantitative estimate of drug-likeness (QED) is 0.849. The summed E-state index contributed by atoms with van der Waals surface area (Å²) in [4.78, 5) is 12.6. The number of nitrogens with zero attached hydrogens (tertiary/aromatic N) is 1. The molecular weight excluding hydrogens is 368 g/mol. The smallest absolute Gasteiger partial charge is 0.255 e. The van der Waals surface area contributed by atoms with Gasteiger partial charge in [-0.3, -0.25) is 9.10 Å². The molecule has 27 heavy (non-hydrogen) atoms. The molecule has 1 N–H and O–H groups in total. The minimum absolute atomic E-state index is 0.134. The molecule has 7 nitrogen and oxygen atoms in total. The van der Waals surface area contributed by atoms with E-state index in [4.69, 9.17) is 9.47 Å². The molecule has 0 radical (unpaired) electrons. The highest BCUT2D eigenvalue weighted by Crippen LogP contribution is 2.30. The average molecular weight is 390 g/mol. The van der Waals surface area contributed by atoms with Crippen LogP contribution in [-0.4, -0.2) is 40.8 Å². The first kappa shape index (κ1) is 19.0. The van der Waals surface area contributed by atoms with Crippen LogP contribution >= 0.6 is 0 Å². The lowest BCUT2D eigenvalue weighted by Crippen LogP contribution is -2.37. The van der Waals surface area contributed by atoms with Crippen molar-refractivity contribution in [2.24, 2.45) is 0 Å². The number of sulfonamides is 1. The second kappa shape index (κ2) is 7.87. The van der Waals surface area contributed by atoms with Crippen LogP contribution < -0.4 is 19.1 Å². The molecule has 0 atom stereocenters. The molecule has 2 aromatic rings. The van der Waals surface area contributed by atoms with Crippen molar-refractivity contribution >= 4 is 27.3 Å². The van der Waals surface area contributed by atoms with Gasteiger partial charge in [-0.05, 0) is 43.2 Å². The second-order valence-corrected chi connectivity index (χ2v) is 8.18. The zero-order valence-corrected chi connectivity index (χ0v) is 16.1. The Morgan fingerprint density at radius 2 is 1.81 bits per heavy atom. The maximum absolute atomic E-state index is 12.6. The predicted octanol–water partition coefficient (Wildman–Crippen LogP) is 2.89. The second-order valence-electron chi connectivity index (χ2n) is 6.17. The fraction of sp³-hybridized carbons (Fsp3) is 0.316. The Morgan fingerprint density at radius 1 is 1.04 bits per heavy atom. The molecule has 0 spiro atoms. The largest absolute Gasteiger partial charge is 0.493 e. The van der Waals surface area contributed by atoms with E-state index in [9.17, 15) is 13.2 Å². The highest BCUT2D eigenvalue weighted by Gasteiger charge is 2.26. The molecule has 8 heteroatoms. The van der Waals surface area contributed by atoms with Crippen molar-refractivity contribution in [1.82, 2.24) is 0 Å². The van der Waals surface area contributed by atoms with Gasteiger partial charge in [-0.1, -0.05) is 6.07 Å². The summed E-state index contributed by atoms with van der Waals surface area (Å²) in [7, 11) is -0.266. The van der Waals surface area contributed by atoms with E-state index in [0.29, 0.717) is 41.4 Å². The van der Waals surface area contributed by atoms with E-state index < -0.39 is 10.0 Å². The number of nitrogens with one attached hydrogen (secondary N) is 1. The molecule has 144 valence electrons. The Labute approximate surface area is 158 Å². The number of hydrogen-bond acceptors (Lipinski definition) is 5. The summed E-state index contributed by atoms with van der Waals surface area (Å²) in [5, 5.41) is 2.79. The van der Waals surface area contributed by atoms with Gasteiger partial charge in [-0.25, -0.2) is 8.42 Å². The van der Waals surface area contributed by atoms with Crippen molar-refractivity contribution in [2.45, 2.75) is 12.8 Å². The van der Waals surface area contributed by atoms with E-state index in [-0.39, 0.29) is 11.7 Å². The number of rotatable bonds is 5. The Morgan fingerprint density at radius 3 is 2.52 bits per heavy atom. The molecule has 0 aliphatic carbocycles. The summed E-state index contributed by atoms with van der Waals surface area (Å²) in [5.74, 6) is 0.865. The topological polar surface area (TPSA) is 84.9 Å². The van der Waals surface area contributed by atoms with E-state index in [0.717, 1.165) is 6.42 Å². The average Bonchev–Trinajstić information content (AvgIpc) is 2.67. The van der Waals surface area contributed by atoms with E-state index in [1.807, 2.05) is 0 Å². The van der Waals surface area contributed by atoms with Crippen molar-refractivity contribution in [1.29, 1.82) is 0 Å². The lowest BCUT2D eigenvalue weighted by atomic mass is 10.1. The van der Waals surface area contributed by atoms with Gasteiger partial charge in [0.05, 0.1) is 25.7 Å². The number of methoxy groups -OCH3 is 2. The number of ether oxygens (including phenoxy) is 2. The van der Waals surface area contributed by atoms with E-state index >= 15 is 0 Å². The van der Waals surface area contributed by atoms with E-state index in [2.05, 4.69) is 5.32 Å². The fourth-order valence-corrected chi connectivity index (χ4v) is 4.63. The van der Waals surface area contributed by atoms with Gasteiger partial charge in [0.25, 0.3) is 5.91 Å². The molecule has 2 aromatic carbocycles. The SMILES string of the molecule is COc1ccc(NC(=O)c2cccc(N3CCCCS3(=O)=O)c2)cc1OC. The number of carbonyl (C=O) groups is 1. The third-order valence-corrected chi connectivity index (χ3v) is 6.26. The standard InChI is InChI=1S/C19H22N2O5S/c1-25-17-9-8-15(13-18(17)26-2)20-19(22)14-6-5-7-16(12-14)21-10-3-4-11-27(21,23)24/h5-9,12-13H,3-4,10-11H2,1-2H3,(H,20,22). The van der Waals surface area contributed by atoms with Crippen LogP contribution in [0.1, 0.15) is 23.2 Å². The lowest BCUT2D eigenvalue weighted by molar-refractivity contribution is 0.102. The van der Waals surface area contributed by atoms with Crippen LogP contribution in [0.3, 0.4) is 0 Å².